The van der Waals surface area contributed by atoms with Crippen molar-refractivity contribution in [3.8, 4) is 0 Å². The summed E-state index contributed by atoms with van der Waals surface area (Å²) in [6.45, 7) is 4.27. The molecule has 1 aromatic carbocycles. The Morgan fingerprint density at radius 3 is 2.73 bits per heavy atom. The summed E-state index contributed by atoms with van der Waals surface area (Å²) in [5.41, 5.74) is 3.78. The highest BCUT2D eigenvalue weighted by Gasteiger charge is 2.14. The van der Waals surface area contributed by atoms with Gasteiger partial charge in [0.2, 0.25) is 0 Å². The lowest BCUT2D eigenvalue weighted by atomic mass is 9.93. The summed E-state index contributed by atoms with van der Waals surface area (Å²) >= 11 is 0. The molecule has 3 N–H and O–H groups in total. The topological polar surface area (TPSA) is 38.0 Å². The molecule has 0 aliphatic heterocycles. The van der Waals surface area contributed by atoms with E-state index in [0.717, 1.165) is 18.4 Å². The summed E-state index contributed by atoms with van der Waals surface area (Å²) in [5, 5.41) is 0. The average Bonchev–Trinajstić information content (AvgIpc) is 2.25. The van der Waals surface area contributed by atoms with E-state index >= 15 is 0 Å². The zero-order chi connectivity index (χ0) is 11.3. The number of halogens is 1. The van der Waals surface area contributed by atoms with Crippen molar-refractivity contribution in [1.82, 2.24) is 5.43 Å². The van der Waals surface area contributed by atoms with Crippen LogP contribution in [0.4, 0.5) is 4.39 Å². The molecule has 0 spiro atoms. The summed E-state index contributed by atoms with van der Waals surface area (Å²) in [6.07, 6.45) is 1.83. The van der Waals surface area contributed by atoms with Crippen molar-refractivity contribution in [3.63, 3.8) is 0 Å². The second kappa shape index (κ2) is 5.83. The molecule has 1 rings (SSSR count). The SMILES string of the molecule is CCC(C)C(Cc1cccc(F)c1)NN. The van der Waals surface area contributed by atoms with Gasteiger partial charge >= 0.3 is 0 Å². The number of hydrogen-bond donors (Lipinski definition) is 2. The summed E-state index contributed by atoms with van der Waals surface area (Å²) in [6, 6.07) is 6.88. The van der Waals surface area contributed by atoms with Gasteiger partial charge in [0.05, 0.1) is 0 Å². The number of benzene rings is 1. The van der Waals surface area contributed by atoms with Gasteiger partial charge in [0.15, 0.2) is 0 Å². The Morgan fingerprint density at radius 1 is 1.47 bits per heavy atom. The van der Waals surface area contributed by atoms with Gasteiger partial charge in [-0.25, -0.2) is 4.39 Å². The van der Waals surface area contributed by atoms with Gasteiger partial charge in [-0.05, 0) is 30.0 Å². The highest BCUT2D eigenvalue weighted by molar-refractivity contribution is 5.17. The molecule has 0 saturated heterocycles. The zero-order valence-corrected chi connectivity index (χ0v) is 9.33. The molecule has 0 aromatic heterocycles. The van der Waals surface area contributed by atoms with Crippen molar-refractivity contribution in [2.75, 3.05) is 0 Å². The van der Waals surface area contributed by atoms with Crippen molar-refractivity contribution in [1.29, 1.82) is 0 Å². The van der Waals surface area contributed by atoms with Crippen molar-refractivity contribution in [2.24, 2.45) is 11.8 Å². The van der Waals surface area contributed by atoms with E-state index in [1.165, 1.54) is 6.07 Å². The number of nitrogens with two attached hydrogens (primary N) is 1. The number of hydrazine groups is 1. The Labute approximate surface area is 90.6 Å². The molecule has 2 nitrogen and oxygen atoms in total. The third-order valence-corrected chi connectivity index (χ3v) is 2.89. The minimum atomic E-state index is -0.188. The lowest BCUT2D eigenvalue weighted by Gasteiger charge is -2.22. The summed E-state index contributed by atoms with van der Waals surface area (Å²) < 4.78 is 13.0. The van der Waals surface area contributed by atoms with Gasteiger partial charge in [0, 0.05) is 6.04 Å². The fourth-order valence-electron chi connectivity index (χ4n) is 1.63. The van der Waals surface area contributed by atoms with Crippen molar-refractivity contribution >= 4 is 0 Å². The van der Waals surface area contributed by atoms with Crippen LogP contribution in [0.2, 0.25) is 0 Å². The first-order valence-corrected chi connectivity index (χ1v) is 5.38. The van der Waals surface area contributed by atoms with Crippen LogP contribution in [-0.2, 0) is 6.42 Å². The summed E-state index contributed by atoms with van der Waals surface area (Å²) in [4.78, 5) is 0. The highest BCUT2D eigenvalue weighted by Crippen LogP contribution is 2.13. The van der Waals surface area contributed by atoms with Crippen molar-refractivity contribution in [2.45, 2.75) is 32.7 Å². The number of hydrogen-bond acceptors (Lipinski definition) is 2. The molecular weight excluding hydrogens is 191 g/mol. The van der Waals surface area contributed by atoms with Crippen LogP contribution in [0.5, 0.6) is 0 Å². The van der Waals surface area contributed by atoms with E-state index in [-0.39, 0.29) is 11.9 Å². The van der Waals surface area contributed by atoms with Gasteiger partial charge in [-0.15, -0.1) is 0 Å². The predicted octanol–water partition coefficient (Wildman–Crippen LogP) is 2.25. The largest absolute Gasteiger partial charge is 0.271 e. The number of nitrogens with one attached hydrogen (secondary N) is 1. The standard InChI is InChI=1S/C12H19FN2/c1-3-9(2)12(15-14)8-10-5-4-6-11(13)7-10/h4-7,9,12,15H,3,8,14H2,1-2H3. The molecule has 0 bridgehead atoms. The van der Waals surface area contributed by atoms with Crippen LogP contribution in [0.1, 0.15) is 25.8 Å². The third-order valence-electron chi connectivity index (χ3n) is 2.89. The molecule has 0 saturated carbocycles. The fraction of sp³-hybridized carbons (Fsp3) is 0.500. The van der Waals surface area contributed by atoms with Crippen LogP contribution in [0.15, 0.2) is 24.3 Å². The Balaban J connectivity index is 2.66. The monoisotopic (exact) mass is 210 g/mol. The maximum Gasteiger partial charge on any atom is 0.123 e. The molecule has 15 heavy (non-hydrogen) atoms. The molecule has 2 atom stereocenters. The maximum absolute atomic E-state index is 13.0. The van der Waals surface area contributed by atoms with E-state index in [2.05, 4.69) is 19.3 Å². The van der Waals surface area contributed by atoms with Gasteiger partial charge < -0.3 is 0 Å². The van der Waals surface area contributed by atoms with Gasteiger partial charge in [-0.2, -0.15) is 0 Å². The quantitative estimate of drug-likeness (QED) is 0.578. The molecule has 2 unspecified atom stereocenters. The summed E-state index contributed by atoms with van der Waals surface area (Å²) in [5.74, 6) is 5.79. The Morgan fingerprint density at radius 2 is 2.20 bits per heavy atom. The second-order valence-corrected chi connectivity index (χ2v) is 3.99. The van der Waals surface area contributed by atoms with E-state index in [9.17, 15) is 4.39 Å². The van der Waals surface area contributed by atoms with Crippen LogP contribution in [0.25, 0.3) is 0 Å². The third kappa shape index (κ3) is 3.61. The first kappa shape index (κ1) is 12.1. The van der Waals surface area contributed by atoms with Crippen molar-refractivity contribution < 1.29 is 4.39 Å². The normalized spacial score (nSPS) is 14.9. The molecule has 0 fully saturated rings. The molecule has 0 aliphatic carbocycles. The fourth-order valence-corrected chi connectivity index (χ4v) is 1.63. The molecule has 0 amide bonds. The average molecular weight is 210 g/mol. The van der Waals surface area contributed by atoms with Crippen molar-refractivity contribution in [3.05, 3.63) is 35.6 Å². The Hall–Kier alpha value is -0.930. The van der Waals surface area contributed by atoms with Crippen LogP contribution >= 0.6 is 0 Å². The minimum Gasteiger partial charge on any atom is -0.271 e. The highest BCUT2D eigenvalue weighted by atomic mass is 19.1. The Kier molecular flexibility index (Phi) is 4.72. The number of rotatable bonds is 5. The predicted molar refractivity (Wildman–Crippen MR) is 60.7 cm³/mol. The molecule has 0 heterocycles. The molecular formula is C12H19FN2. The van der Waals surface area contributed by atoms with Crippen LogP contribution in [0, 0.1) is 11.7 Å². The molecule has 0 radical (unpaired) electrons. The lowest BCUT2D eigenvalue weighted by molar-refractivity contribution is 0.369. The van der Waals surface area contributed by atoms with Gasteiger partial charge in [-0.1, -0.05) is 32.4 Å². The minimum absolute atomic E-state index is 0.188. The van der Waals surface area contributed by atoms with Gasteiger partial charge in [-0.3, -0.25) is 11.3 Å². The molecule has 1 aromatic rings. The van der Waals surface area contributed by atoms with Gasteiger partial charge in [0.1, 0.15) is 5.82 Å². The van der Waals surface area contributed by atoms with E-state index in [4.69, 9.17) is 5.84 Å². The first-order valence-electron chi connectivity index (χ1n) is 5.38. The lowest BCUT2D eigenvalue weighted by Crippen LogP contribution is -2.41. The van der Waals surface area contributed by atoms with E-state index in [1.54, 1.807) is 12.1 Å². The first-order chi connectivity index (χ1) is 7.17. The second-order valence-electron chi connectivity index (χ2n) is 3.99. The van der Waals surface area contributed by atoms with Crippen LogP contribution in [-0.4, -0.2) is 6.04 Å². The van der Waals surface area contributed by atoms with E-state index in [1.807, 2.05) is 6.07 Å². The smallest absolute Gasteiger partial charge is 0.123 e. The van der Waals surface area contributed by atoms with E-state index in [0.29, 0.717) is 5.92 Å². The molecule has 0 aliphatic rings. The van der Waals surface area contributed by atoms with Crippen LogP contribution < -0.4 is 11.3 Å². The van der Waals surface area contributed by atoms with Gasteiger partial charge in [0.25, 0.3) is 0 Å². The zero-order valence-electron chi connectivity index (χ0n) is 9.33. The Bertz CT molecular complexity index is 301. The maximum atomic E-state index is 13.0. The van der Waals surface area contributed by atoms with E-state index < -0.39 is 0 Å². The summed E-state index contributed by atoms with van der Waals surface area (Å²) in [7, 11) is 0. The molecule has 3 heteroatoms. The molecule has 84 valence electrons. The van der Waals surface area contributed by atoms with Crippen LogP contribution in [0.3, 0.4) is 0 Å².